The number of carboxylic acid groups (broad SMARTS) is 1. The fraction of sp³-hybridized carbons (Fsp3) is 0.231. The van der Waals surface area contributed by atoms with Crippen LogP contribution in [-0.2, 0) is 16.0 Å². The Hall–Kier alpha value is -4.78. The number of hydrogen-bond acceptors (Lipinski definition) is 10. The van der Waals surface area contributed by atoms with Gasteiger partial charge in [-0.2, -0.15) is 0 Å². The highest BCUT2D eigenvalue weighted by molar-refractivity contribution is 7.14. The molecular formula is C26H23N5O7S. The largest absolute Gasteiger partial charge is 0.481 e. The highest BCUT2D eigenvalue weighted by Crippen LogP contribution is 2.31. The van der Waals surface area contributed by atoms with E-state index in [4.69, 9.17) is 19.0 Å². The molecule has 2 N–H and O–H groups in total. The maximum absolute atomic E-state index is 13.1. The van der Waals surface area contributed by atoms with Crippen LogP contribution in [0, 0.1) is 6.92 Å². The summed E-state index contributed by atoms with van der Waals surface area (Å²) in [7, 11) is 1.70. The maximum atomic E-state index is 13.1. The van der Waals surface area contributed by atoms with Crippen molar-refractivity contribution in [1.82, 2.24) is 20.1 Å². The van der Waals surface area contributed by atoms with Crippen LogP contribution in [0.15, 0.2) is 52.3 Å². The van der Waals surface area contributed by atoms with Crippen molar-refractivity contribution in [2.45, 2.75) is 25.9 Å². The second-order valence-corrected chi connectivity index (χ2v) is 9.63. The molecule has 0 spiro atoms. The number of carbonyl (C=O) groups is 3. The molecule has 0 aliphatic carbocycles. The smallest absolute Gasteiger partial charge is 0.309 e. The third-order valence-corrected chi connectivity index (χ3v) is 6.57. The first-order chi connectivity index (χ1) is 18.7. The standard InChI is InChI=1S/C26H23N5O7S/c1-14-29-30-24(36-14)15-3-5-18(6-4-15)37-19-9-16(10-20(12-19)38-21-7-8-31(2)25(21)35)23(34)28-26-27-17(13-39-26)11-22(32)33/h3-6,9-10,12-13,21H,7-8,11H2,1-2H3,(H,32,33)(H,27,28,34). The van der Waals surface area contributed by atoms with Gasteiger partial charge in [-0.05, 0) is 36.4 Å². The molecule has 13 heteroatoms. The molecule has 1 unspecified atom stereocenters. The van der Waals surface area contributed by atoms with E-state index in [1.807, 2.05) is 0 Å². The molecule has 2 aromatic carbocycles. The number of carboxylic acids is 1. The summed E-state index contributed by atoms with van der Waals surface area (Å²) in [6, 6.07) is 11.6. The van der Waals surface area contributed by atoms with Crippen LogP contribution < -0.4 is 14.8 Å². The van der Waals surface area contributed by atoms with Crippen molar-refractivity contribution in [3.05, 3.63) is 65.0 Å². The minimum atomic E-state index is -1.02. The molecule has 4 aromatic rings. The molecular weight excluding hydrogens is 526 g/mol. The number of amides is 2. The number of benzene rings is 2. The summed E-state index contributed by atoms with van der Waals surface area (Å²) in [5, 5.41) is 21.3. The molecule has 1 saturated heterocycles. The quantitative estimate of drug-likeness (QED) is 0.315. The number of likely N-dealkylation sites (tertiary alicyclic amines) is 1. The zero-order valence-corrected chi connectivity index (χ0v) is 21.7. The van der Waals surface area contributed by atoms with Crippen molar-refractivity contribution in [2.75, 3.05) is 18.9 Å². The molecule has 3 heterocycles. The van der Waals surface area contributed by atoms with Crippen LogP contribution in [0.4, 0.5) is 5.13 Å². The summed E-state index contributed by atoms with van der Waals surface area (Å²) in [4.78, 5) is 42.2. The lowest BCUT2D eigenvalue weighted by atomic mass is 10.1. The van der Waals surface area contributed by atoms with Gasteiger partial charge >= 0.3 is 5.97 Å². The van der Waals surface area contributed by atoms with E-state index in [-0.39, 0.29) is 28.8 Å². The summed E-state index contributed by atoms with van der Waals surface area (Å²) >= 11 is 1.12. The Morgan fingerprint density at radius 3 is 2.59 bits per heavy atom. The first kappa shape index (κ1) is 25.9. The summed E-state index contributed by atoms with van der Waals surface area (Å²) in [6.07, 6.45) is -0.400. The number of hydrogen-bond donors (Lipinski definition) is 2. The van der Waals surface area contributed by atoms with Crippen LogP contribution >= 0.6 is 11.3 Å². The van der Waals surface area contributed by atoms with Gasteiger partial charge in [-0.3, -0.25) is 19.7 Å². The van der Waals surface area contributed by atoms with Crippen molar-refractivity contribution in [3.63, 3.8) is 0 Å². The normalized spacial score (nSPS) is 14.9. The van der Waals surface area contributed by atoms with E-state index in [1.54, 1.807) is 54.6 Å². The van der Waals surface area contributed by atoms with E-state index < -0.39 is 18.0 Å². The Kier molecular flexibility index (Phi) is 7.23. The van der Waals surface area contributed by atoms with Crippen molar-refractivity contribution < 1.29 is 33.4 Å². The summed E-state index contributed by atoms with van der Waals surface area (Å²) < 4.78 is 17.4. The number of carbonyl (C=O) groups excluding carboxylic acids is 2. The molecule has 0 radical (unpaired) electrons. The van der Waals surface area contributed by atoms with E-state index in [9.17, 15) is 14.4 Å². The van der Waals surface area contributed by atoms with Gasteiger partial charge in [0.1, 0.15) is 17.2 Å². The average molecular weight is 550 g/mol. The Bertz CT molecular complexity index is 1530. The molecule has 2 amide bonds. The number of likely N-dealkylation sites (N-methyl/N-ethyl adjacent to an activating group) is 1. The van der Waals surface area contributed by atoms with Gasteiger partial charge in [-0.25, -0.2) is 4.98 Å². The number of nitrogens with zero attached hydrogens (tertiary/aromatic N) is 4. The van der Waals surface area contributed by atoms with Gasteiger partial charge in [0.2, 0.25) is 11.8 Å². The molecule has 2 aromatic heterocycles. The van der Waals surface area contributed by atoms with Crippen LogP contribution in [0.1, 0.15) is 28.4 Å². The zero-order valence-electron chi connectivity index (χ0n) is 20.9. The molecule has 1 atom stereocenters. The first-order valence-corrected chi connectivity index (χ1v) is 12.7. The minimum Gasteiger partial charge on any atom is -0.481 e. The minimum absolute atomic E-state index is 0.145. The molecule has 12 nitrogen and oxygen atoms in total. The van der Waals surface area contributed by atoms with Crippen molar-refractivity contribution >= 4 is 34.3 Å². The summed E-state index contributed by atoms with van der Waals surface area (Å²) in [5.41, 5.74) is 1.26. The first-order valence-electron chi connectivity index (χ1n) is 11.9. The highest BCUT2D eigenvalue weighted by Gasteiger charge is 2.31. The second kappa shape index (κ2) is 10.9. The predicted octanol–water partition coefficient (Wildman–Crippen LogP) is 3.78. The van der Waals surface area contributed by atoms with Crippen molar-refractivity contribution in [2.24, 2.45) is 0 Å². The lowest BCUT2D eigenvalue weighted by Gasteiger charge is -2.15. The molecule has 5 rings (SSSR count). The van der Waals surface area contributed by atoms with Crippen LogP contribution in [0.25, 0.3) is 11.5 Å². The third-order valence-electron chi connectivity index (χ3n) is 5.77. The van der Waals surface area contributed by atoms with Crippen LogP contribution in [0.3, 0.4) is 0 Å². The number of aromatic nitrogens is 3. The van der Waals surface area contributed by atoms with E-state index in [0.29, 0.717) is 41.9 Å². The number of aryl methyl sites for hydroxylation is 1. The lowest BCUT2D eigenvalue weighted by Crippen LogP contribution is -2.29. The molecule has 0 saturated carbocycles. The molecule has 0 bridgehead atoms. The van der Waals surface area contributed by atoms with E-state index in [2.05, 4.69) is 20.5 Å². The average Bonchev–Trinajstić information content (AvgIpc) is 3.61. The zero-order chi connectivity index (χ0) is 27.5. The number of anilines is 1. The third kappa shape index (κ3) is 6.21. The Labute approximate surface area is 226 Å². The Balaban J connectivity index is 1.38. The van der Waals surface area contributed by atoms with Gasteiger partial charge in [0.25, 0.3) is 11.8 Å². The van der Waals surface area contributed by atoms with Gasteiger partial charge < -0.3 is 23.9 Å². The number of aliphatic carboxylic acids is 1. The molecule has 1 aliphatic heterocycles. The van der Waals surface area contributed by atoms with Gasteiger partial charge in [0, 0.05) is 49.5 Å². The van der Waals surface area contributed by atoms with Crippen LogP contribution in [-0.4, -0.2) is 62.7 Å². The lowest BCUT2D eigenvalue weighted by molar-refractivity contribution is -0.136. The van der Waals surface area contributed by atoms with Crippen molar-refractivity contribution in [1.29, 1.82) is 0 Å². The SMILES string of the molecule is Cc1nnc(-c2ccc(Oc3cc(OC4CCN(C)C4=O)cc(C(=O)Nc4nc(CC(=O)O)cs4)c3)cc2)o1. The maximum Gasteiger partial charge on any atom is 0.309 e. The number of nitrogens with one attached hydrogen (secondary N) is 1. The van der Waals surface area contributed by atoms with Gasteiger partial charge in [-0.1, -0.05) is 0 Å². The van der Waals surface area contributed by atoms with Crippen LogP contribution in [0.5, 0.6) is 17.2 Å². The molecule has 1 aliphatic rings. The van der Waals surface area contributed by atoms with Gasteiger partial charge in [0.05, 0.1) is 12.1 Å². The van der Waals surface area contributed by atoms with Crippen molar-refractivity contribution in [3.8, 4) is 28.7 Å². The molecule has 39 heavy (non-hydrogen) atoms. The summed E-state index contributed by atoms with van der Waals surface area (Å²) in [6.45, 7) is 2.28. The summed E-state index contributed by atoms with van der Waals surface area (Å²) in [5.74, 6) is 0.250. The molecule has 1 fully saturated rings. The Morgan fingerprint density at radius 2 is 1.92 bits per heavy atom. The van der Waals surface area contributed by atoms with E-state index >= 15 is 0 Å². The number of rotatable bonds is 9. The number of ether oxygens (including phenoxy) is 2. The highest BCUT2D eigenvalue weighted by atomic mass is 32.1. The van der Waals surface area contributed by atoms with Crippen LogP contribution in [0.2, 0.25) is 0 Å². The van der Waals surface area contributed by atoms with E-state index in [0.717, 1.165) is 16.9 Å². The molecule has 200 valence electrons. The monoisotopic (exact) mass is 549 g/mol. The van der Waals surface area contributed by atoms with Gasteiger partial charge in [0.15, 0.2) is 11.2 Å². The van der Waals surface area contributed by atoms with E-state index in [1.165, 1.54) is 12.1 Å². The Morgan fingerprint density at radius 1 is 1.15 bits per heavy atom. The fourth-order valence-electron chi connectivity index (χ4n) is 3.88. The number of thiazole rings is 1. The second-order valence-electron chi connectivity index (χ2n) is 8.77. The van der Waals surface area contributed by atoms with Gasteiger partial charge in [-0.15, -0.1) is 21.5 Å². The fourth-order valence-corrected chi connectivity index (χ4v) is 4.58. The topological polar surface area (TPSA) is 157 Å². The predicted molar refractivity (Wildman–Crippen MR) is 139 cm³/mol.